The van der Waals surface area contributed by atoms with E-state index in [2.05, 4.69) is 51.6 Å². The zero-order valence-electron chi connectivity index (χ0n) is 17.4. The maximum Gasteiger partial charge on any atom is 0.263 e. The summed E-state index contributed by atoms with van der Waals surface area (Å²) in [5, 5.41) is 8.17. The minimum absolute atomic E-state index is 0.0344. The SMILES string of the molecule is Cc1ccc(C2OCCCC2CNc2nc3c(cnn3-c3ccccc3)c(=O)[nH]2)cc1. The molecular formula is C24H25N5O2. The Bertz CT molecular complexity index is 1230. The van der Waals surface area contributed by atoms with Crippen molar-refractivity contribution in [3.63, 3.8) is 0 Å². The molecule has 4 aromatic rings. The molecule has 0 saturated carbocycles. The number of anilines is 1. The van der Waals surface area contributed by atoms with Crippen LogP contribution in [0, 0.1) is 12.8 Å². The van der Waals surface area contributed by atoms with E-state index in [9.17, 15) is 4.79 Å². The number of hydrogen-bond donors (Lipinski definition) is 2. The van der Waals surface area contributed by atoms with Crippen molar-refractivity contribution in [3.05, 3.63) is 82.3 Å². The summed E-state index contributed by atoms with van der Waals surface area (Å²) in [6, 6.07) is 18.2. The van der Waals surface area contributed by atoms with Crippen molar-refractivity contribution in [2.24, 2.45) is 5.92 Å². The molecule has 0 amide bonds. The minimum Gasteiger partial charge on any atom is -0.373 e. The molecule has 7 nitrogen and oxygen atoms in total. The summed E-state index contributed by atoms with van der Waals surface area (Å²) in [5.74, 6) is 0.736. The summed E-state index contributed by atoms with van der Waals surface area (Å²) < 4.78 is 7.81. The molecule has 0 aliphatic carbocycles. The number of para-hydroxylation sites is 1. The first-order valence-electron chi connectivity index (χ1n) is 10.6. The van der Waals surface area contributed by atoms with Crippen LogP contribution in [0.15, 0.2) is 65.6 Å². The van der Waals surface area contributed by atoms with Crippen molar-refractivity contribution in [2.75, 3.05) is 18.5 Å². The van der Waals surface area contributed by atoms with Crippen LogP contribution in [0.5, 0.6) is 0 Å². The number of benzene rings is 2. The van der Waals surface area contributed by atoms with E-state index in [1.54, 1.807) is 10.9 Å². The third-order valence-electron chi connectivity index (χ3n) is 5.82. The molecule has 5 rings (SSSR count). The largest absolute Gasteiger partial charge is 0.373 e. The number of rotatable bonds is 5. The summed E-state index contributed by atoms with van der Waals surface area (Å²) in [5.41, 5.74) is 3.62. The van der Waals surface area contributed by atoms with Gasteiger partial charge in [-0.2, -0.15) is 10.1 Å². The van der Waals surface area contributed by atoms with Crippen LogP contribution in [0.1, 0.15) is 30.1 Å². The Hall–Kier alpha value is -3.45. The number of nitrogens with zero attached hydrogens (tertiary/aromatic N) is 3. The molecule has 2 unspecified atom stereocenters. The van der Waals surface area contributed by atoms with Crippen molar-refractivity contribution in [2.45, 2.75) is 25.9 Å². The molecule has 3 heterocycles. The lowest BCUT2D eigenvalue weighted by molar-refractivity contribution is -0.0238. The summed E-state index contributed by atoms with van der Waals surface area (Å²) >= 11 is 0. The molecule has 1 fully saturated rings. The van der Waals surface area contributed by atoms with Gasteiger partial charge in [0.15, 0.2) is 5.65 Å². The Kier molecular flexibility index (Phi) is 5.26. The van der Waals surface area contributed by atoms with Gasteiger partial charge in [-0.3, -0.25) is 9.78 Å². The van der Waals surface area contributed by atoms with Crippen LogP contribution < -0.4 is 10.9 Å². The Labute approximate surface area is 180 Å². The van der Waals surface area contributed by atoms with Gasteiger partial charge in [0, 0.05) is 19.1 Å². The lowest BCUT2D eigenvalue weighted by Crippen LogP contribution is -2.29. The van der Waals surface area contributed by atoms with Crippen molar-refractivity contribution >= 4 is 17.0 Å². The van der Waals surface area contributed by atoms with Crippen LogP contribution >= 0.6 is 0 Å². The average molecular weight is 415 g/mol. The standard InChI is InChI=1S/C24H25N5O2/c1-16-9-11-17(12-10-16)21-18(6-5-13-31-21)14-25-24-27-22-20(23(30)28-24)15-26-29(22)19-7-3-2-4-8-19/h2-4,7-12,15,18,21H,5-6,13-14H2,1H3,(H2,25,27,28,30). The fraction of sp³-hybridized carbons (Fsp3) is 0.292. The normalized spacial score (nSPS) is 18.9. The molecule has 0 bridgehead atoms. The van der Waals surface area contributed by atoms with Crippen LogP contribution in [-0.4, -0.2) is 32.9 Å². The number of hydrogen-bond acceptors (Lipinski definition) is 5. The van der Waals surface area contributed by atoms with Crippen LogP contribution in [0.4, 0.5) is 5.95 Å². The Morgan fingerprint density at radius 3 is 2.77 bits per heavy atom. The topological polar surface area (TPSA) is 84.8 Å². The van der Waals surface area contributed by atoms with E-state index in [0.29, 0.717) is 23.5 Å². The first-order valence-corrected chi connectivity index (χ1v) is 10.6. The number of nitrogens with one attached hydrogen (secondary N) is 2. The maximum atomic E-state index is 12.6. The zero-order chi connectivity index (χ0) is 21.2. The quantitative estimate of drug-likeness (QED) is 0.515. The van der Waals surface area contributed by atoms with Gasteiger partial charge in [-0.15, -0.1) is 0 Å². The highest BCUT2D eigenvalue weighted by Gasteiger charge is 2.27. The summed E-state index contributed by atoms with van der Waals surface area (Å²) in [7, 11) is 0. The molecule has 158 valence electrons. The molecule has 0 spiro atoms. The number of ether oxygens (including phenoxy) is 1. The van der Waals surface area contributed by atoms with E-state index in [1.165, 1.54) is 11.1 Å². The Morgan fingerprint density at radius 1 is 1.16 bits per heavy atom. The van der Waals surface area contributed by atoms with Crippen molar-refractivity contribution in [1.82, 2.24) is 19.7 Å². The van der Waals surface area contributed by atoms with Gasteiger partial charge in [0.05, 0.1) is 18.0 Å². The first kappa shape index (κ1) is 19.5. The van der Waals surface area contributed by atoms with E-state index < -0.39 is 0 Å². The van der Waals surface area contributed by atoms with Crippen LogP contribution in [0.25, 0.3) is 16.7 Å². The predicted molar refractivity (Wildman–Crippen MR) is 121 cm³/mol. The highest BCUT2D eigenvalue weighted by Crippen LogP contribution is 2.33. The first-order chi connectivity index (χ1) is 15.2. The van der Waals surface area contributed by atoms with Crippen LogP contribution in [0.2, 0.25) is 0 Å². The van der Waals surface area contributed by atoms with Gasteiger partial charge < -0.3 is 10.1 Å². The third kappa shape index (κ3) is 3.96. The molecule has 2 N–H and O–H groups in total. The number of aromatic amines is 1. The van der Waals surface area contributed by atoms with Crippen molar-refractivity contribution in [1.29, 1.82) is 0 Å². The molecule has 31 heavy (non-hydrogen) atoms. The van der Waals surface area contributed by atoms with Crippen LogP contribution in [0.3, 0.4) is 0 Å². The van der Waals surface area contributed by atoms with Gasteiger partial charge in [0.2, 0.25) is 5.95 Å². The van der Waals surface area contributed by atoms with Gasteiger partial charge in [0.25, 0.3) is 5.56 Å². The Balaban J connectivity index is 1.40. The molecular weight excluding hydrogens is 390 g/mol. The van der Waals surface area contributed by atoms with Gasteiger partial charge >= 0.3 is 0 Å². The number of H-pyrrole nitrogens is 1. The summed E-state index contributed by atoms with van der Waals surface area (Å²) in [6.45, 7) is 3.52. The average Bonchev–Trinajstić information content (AvgIpc) is 3.24. The maximum absolute atomic E-state index is 12.6. The second-order valence-electron chi connectivity index (χ2n) is 8.03. The second-order valence-corrected chi connectivity index (χ2v) is 8.03. The van der Waals surface area contributed by atoms with Crippen molar-refractivity contribution < 1.29 is 4.74 Å². The van der Waals surface area contributed by atoms with Gasteiger partial charge in [-0.1, -0.05) is 48.0 Å². The summed E-state index contributed by atoms with van der Waals surface area (Å²) in [4.78, 5) is 20.1. The number of aromatic nitrogens is 4. The minimum atomic E-state index is -0.204. The molecule has 7 heteroatoms. The zero-order valence-corrected chi connectivity index (χ0v) is 17.4. The molecule has 1 aliphatic heterocycles. The van der Waals surface area contributed by atoms with Crippen LogP contribution in [-0.2, 0) is 4.74 Å². The van der Waals surface area contributed by atoms with E-state index in [-0.39, 0.29) is 17.6 Å². The molecule has 2 atom stereocenters. The van der Waals surface area contributed by atoms with Gasteiger partial charge in [-0.25, -0.2) is 4.68 Å². The van der Waals surface area contributed by atoms with Crippen molar-refractivity contribution in [3.8, 4) is 5.69 Å². The summed E-state index contributed by atoms with van der Waals surface area (Å²) in [6.07, 6.45) is 3.67. The lowest BCUT2D eigenvalue weighted by atomic mass is 9.89. The highest BCUT2D eigenvalue weighted by molar-refractivity contribution is 5.76. The fourth-order valence-corrected chi connectivity index (χ4v) is 4.17. The smallest absolute Gasteiger partial charge is 0.263 e. The number of aryl methyl sites for hydroxylation is 1. The van der Waals surface area contributed by atoms with E-state index in [1.807, 2.05) is 30.3 Å². The molecule has 2 aromatic heterocycles. The lowest BCUT2D eigenvalue weighted by Gasteiger charge is -2.32. The fourth-order valence-electron chi connectivity index (χ4n) is 4.17. The molecule has 1 saturated heterocycles. The Morgan fingerprint density at radius 2 is 1.97 bits per heavy atom. The van der Waals surface area contributed by atoms with E-state index in [4.69, 9.17) is 4.74 Å². The third-order valence-corrected chi connectivity index (χ3v) is 5.82. The second kappa shape index (κ2) is 8.35. The highest BCUT2D eigenvalue weighted by atomic mass is 16.5. The van der Waals surface area contributed by atoms with Gasteiger partial charge in [0.1, 0.15) is 5.39 Å². The predicted octanol–water partition coefficient (Wildman–Crippen LogP) is 4.00. The van der Waals surface area contributed by atoms with E-state index in [0.717, 1.165) is 25.1 Å². The number of fused-ring (bicyclic) bond motifs is 1. The molecule has 2 aromatic carbocycles. The van der Waals surface area contributed by atoms with E-state index >= 15 is 0 Å². The monoisotopic (exact) mass is 415 g/mol. The van der Waals surface area contributed by atoms with Gasteiger partial charge in [-0.05, 0) is 37.5 Å². The molecule has 0 radical (unpaired) electrons. The molecule has 1 aliphatic rings.